The molecule has 6 rings (SSSR count). The van der Waals surface area contributed by atoms with Gasteiger partial charge < -0.3 is 19.4 Å². The van der Waals surface area contributed by atoms with Crippen LogP contribution in [-0.4, -0.2) is 22.6 Å². The highest BCUT2D eigenvalue weighted by Crippen LogP contribution is 2.39. The molecule has 0 saturated carbocycles. The topological polar surface area (TPSA) is 65.4 Å². The maximum atomic E-state index is 13.6. The third-order valence-corrected chi connectivity index (χ3v) is 7.92. The third kappa shape index (κ3) is 7.21. The van der Waals surface area contributed by atoms with Crippen LogP contribution in [0.4, 0.5) is 4.39 Å². The number of carbonyl (C=O) groups excluding carboxylic acids is 1. The summed E-state index contributed by atoms with van der Waals surface area (Å²) < 4.78 is 27.7. The molecule has 0 radical (unpaired) electrons. The number of fused-ring (bicyclic) bond motifs is 1. The van der Waals surface area contributed by atoms with Crippen molar-refractivity contribution in [2.45, 2.75) is 32.0 Å². The molecule has 4 aromatic carbocycles. The van der Waals surface area contributed by atoms with E-state index in [9.17, 15) is 9.18 Å². The summed E-state index contributed by atoms with van der Waals surface area (Å²) >= 11 is 0. The highest BCUT2D eigenvalue weighted by Gasteiger charge is 2.24. The zero-order chi connectivity index (χ0) is 31.0. The van der Waals surface area contributed by atoms with Gasteiger partial charge >= 0.3 is 0 Å². The Kier molecular flexibility index (Phi) is 9.16. The summed E-state index contributed by atoms with van der Waals surface area (Å²) in [5.74, 6) is 0.603. The highest BCUT2D eigenvalue weighted by molar-refractivity contribution is 5.87. The molecule has 6 aromatic rings. The Hall–Kier alpha value is -5.43. The second-order valence-electron chi connectivity index (χ2n) is 10.9. The number of hydrogen-bond acceptors (Lipinski definition) is 4. The van der Waals surface area contributed by atoms with Crippen molar-refractivity contribution >= 4 is 16.8 Å². The first-order valence-corrected chi connectivity index (χ1v) is 14.9. The van der Waals surface area contributed by atoms with E-state index < -0.39 is 0 Å². The van der Waals surface area contributed by atoms with Crippen LogP contribution >= 0.6 is 0 Å². The minimum absolute atomic E-state index is 0.0743. The normalized spacial score (nSPS) is 11.7. The van der Waals surface area contributed by atoms with Gasteiger partial charge in [0.1, 0.15) is 12.4 Å². The van der Waals surface area contributed by atoms with Gasteiger partial charge in [0.2, 0.25) is 5.91 Å². The van der Waals surface area contributed by atoms with Crippen LogP contribution in [0.25, 0.3) is 10.9 Å². The summed E-state index contributed by atoms with van der Waals surface area (Å²) in [6.07, 6.45) is 5.77. The number of halogens is 1. The van der Waals surface area contributed by atoms with E-state index in [0.29, 0.717) is 31.2 Å². The quantitative estimate of drug-likeness (QED) is 0.157. The number of nitrogens with one attached hydrogen (secondary N) is 1. The SMILES string of the molecule is COc1ccc(C(CC(=O)NCc2ccncc2)c2cn(Cc3ccc(F)cc3)c3ccccc23)cc1OCc1ccccc1. The van der Waals surface area contributed by atoms with E-state index in [-0.39, 0.29) is 24.1 Å². The molecule has 0 spiro atoms. The molecule has 6 nitrogen and oxygen atoms in total. The first kappa shape index (κ1) is 29.6. The number of pyridine rings is 1. The number of carbonyl (C=O) groups is 1. The third-order valence-electron chi connectivity index (χ3n) is 7.92. The number of aromatic nitrogens is 2. The molecule has 0 saturated heterocycles. The largest absolute Gasteiger partial charge is 0.493 e. The summed E-state index contributed by atoms with van der Waals surface area (Å²) in [5, 5.41) is 4.14. The lowest BCUT2D eigenvalue weighted by molar-refractivity contribution is -0.121. The Labute approximate surface area is 262 Å². The molecular weight excluding hydrogens is 565 g/mol. The molecule has 0 aliphatic heterocycles. The molecule has 7 heteroatoms. The van der Waals surface area contributed by atoms with Gasteiger partial charge in [-0.1, -0.05) is 66.7 Å². The maximum Gasteiger partial charge on any atom is 0.221 e. The molecular formula is C38H34FN3O3. The molecule has 0 bridgehead atoms. The summed E-state index contributed by atoms with van der Waals surface area (Å²) in [4.78, 5) is 17.6. The first-order chi connectivity index (χ1) is 22.1. The van der Waals surface area contributed by atoms with Gasteiger partial charge in [-0.15, -0.1) is 0 Å². The van der Waals surface area contributed by atoms with Crippen LogP contribution in [0.5, 0.6) is 11.5 Å². The van der Waals surface area contributed by atoms with Crippen LogP contribution in [-0.2, 0) is 24.5 Å². The van der Waals surface area contributed by atoms with E-state index in [1.54, 1.807) is 31.6 Å². The van der Waals surface area contributed by atoms with E-state index in [1.807, 2.05) is 72.8 Å². The molecule has 1 atom stereocenters. The monoisotopic (exact) mass is 599 g/mol. The van der Waals surface area contributed by atoms with Gasteiger partial charge in [0.25, 0.3) is 0 Å². The van der Waals surface area contributed by atoms with Gasteiger partial charge in [-0.05, 0) is 70.3 Å². The van der Waals surface area contributed by atoms with Gasteiger partial charge in [-0.3, -0.25) is 9.78 Å². The molecule has 2 heterocycles. The zero-order valence-corrected chi connectivity index (χ0v) is 25.0. The van der Waals surface area contributed by atoms with Crippen LogP contribution in [0.3, 0.4) is 0 Å². The average molecular weight is 600 g/mol. The maximum absolute atomic E-state index is 13.6. The van der Waals surface area contributed by atoms with Gasteiger partial charge in [-0.25, -0.2) is 4.39 Å². The number of amides is 1. The van der Waals surface area contributed by atoms with E-state index >= 15 is 0 Å². The number of methoxy groups -OCH3 is 1. The minimum atomic E-state index is -0.285. The molecule has 45 heavy (non-hydrogen) atoms. The second-order valence-corrected chi connectivity index (χ2v) is 10.9. The fourth-order valence-electron chi connectivity index (χ4n) is 5.59. The van der Waals surface area contributed by atoms with Crippen molar-refractivity contribution in [2.75, 3.05) is 7.11 Å². The Bertz CT molecular complexity index is 1870. The lowest BCUT2D eigenvalue weighted by Crippen LogP contribution is -2.25. The highest BCUT2D eigenvalue weighted by atomic mass is 19.1. The van der Waals surface area contributed by atoms with Crippen molar-refractivity contribution in [3.63, 3.8) is 0 Å². The molecule has 0 fully saturated rings. The van der Waals surface area contributed by atoms with Gasteiger partial charge in [0, 0.05) is 54.9 Å². The van der Waals surface area contributed by atoms with Gasteiger partial charge in [0.05, 0.1) is 7.11 Å². The van der Waals surface area contributed by atoms with Crippen molar-refractivity contribution in [3.8, 4) is 11.5 Å². The van der Waals surface area contributed by atoms with Gasteiger partial charge in [0.15, 0.2) is 11.5 Å². The van der Waals surface area contributed by atoms with E-state index in [1.165, 1.54) is 12.1 Å². The fraction of sp³-hybridized carbons (Fsp3) is 0.158. The summed E-state index contributed by atoms with van der Waals surface area (Å²) in [5.41, 5.74) is 5.99. The summed E-state index contributed by atoms with van der Waals surface area (Å²) in [6.45, 7) is 1.36. The lowest BCUT2D eigenvalue weighted by Gasteiger charge is -2.20. The Morgan fingerprint density at radius 3 is 2.38 bits per heavy atom. The smallest absolute Gasteiger partial charge is 0.221 e. The molecule has 1 unspecified atom stereocenters. The van der Waals surface area contributed by atoms with Crippen molar-refractivity contribution in [3.05, 3.63) is 161 Å². The average Bonchev–Trinajstić information content (AvgIpc) is 3.45. The zero-order valence-electron chi connectivity index (χ0n) is 25.0. The summed E-state index contributed by atoms with van der Waals surface area (Å²) in [6, 6.07) is 34.4. The number of ether oxygens (including phenoxy) is 2. The van der Waals surface area contributed by atoms with Crippen molar-refractivity contribution < 1.29 is 18.7 Å². The van der Waals surface area contributed by atoms with Crippen LogP contribution in [0.15, 0.2) is 128 Å². The van der Waals surface area contributed by atoms with E-state index in [0.717, 1.165) is 38.7 Å². The van der Waals surface area contributed by atoms with Crippen LogP contribution in [0, 0.1) is 5.82 Å². The van der Waals surface area contributed by atoms with E-state index in [4.69, 9.17) is 9.47 Å². The lowest BCUT2D eigenvalue weighted by atomic mass is 9.87. The predicted octanol–water partition coefficient (Wildman–Crippen LogP) is 7.65. The summed E-state index contributed by atoms with van der Waals surface area (Å²) in [7, 11) is 1.62. The standard InChI is InChI=1S/C38H34FN3O3/c1-44-36-16-13-30(21-37(36)45-26-29-7-3-2-4-8-29)33(22-38(43)41-23-27-17-19-40-20-18-27)34-25-42(35-10-6-5-9-32(34)35)24-28-11-14-31(39)15-12-28/h2-21,25,33H,22-24,26H2,1H3,(H,41,43). The van der Waals surface area contributed by atoms with Gasteiger partial charge in [-0.2, -0.15) is 0 Å². The van der Waals surface area contributed by atoms with Crippen molar-refractivity contribution in [2.24, 2.45) is 0 Å². The molecule has 226 valence electrons. The Morgan fingerprint density at radius 2 is 1.60 bits per heavy atom. The first-order valence-electron chi connectivity index (χ1n) is 14.9. The van der Waals surface area contributed by atoms with Crippen molar-refractivity contribution in [1.29, 1.82) is 0 Å². The molecule has 2 aromatic heterocycles. The van der Waals surface area contributed by atoms with E-state index in [2.05, 4.69) is 33.2 Å². The van der Waals surface area contributed by atoms with Crippen LogP contribution in [0.2, 0.25) is 0 Å². The van der Waals surface area contributed by atoms with Crippen LogP contribution < -0.4 is 14.8 Å². The number of nitrogens with zero attached hydrogens (tertiary/aromatic N) is 2. The Balaban J connectivity index is 1.37. The number of para-hydroxylation sites is 1. The number of rotatable bonds is 12. The molecule has 1 amide bonds. The predicted molar refractivity (Wildman–Crippen MR) is 174 cm³/mol. The molecule has 0 aliphatic rings. The number of hydrogen-bond donors (Lipinski definition) is 1. The Morgan fingerprint density at radius 1 is 0.844 bits per heavy atom. The van der Waals surface area contributed by atoms with Crippen LogP contribution in [0.1, 0.15) is 40.2 Å². The molecule has 0 aliphatic carbocycles. The fourth-order valence-corrected chi connectivity index (χ4v) is 5.59. The number of benzene rings is 4. The van der Waals surface area contributed by atoms with Crippen molar-refractivity contribution in [1.82, 2.24) is 14.9 Å². The molecule has 1 N–H and O–H groups in total. The second kappa shape index (κ2) is 13.9. The minimum Gasteiger partial charge on any atom is -0.493 e.